The molecule has 2 aromatic rings. The highest BCUT2D eigenvalue weighted by Crippen LogP contribution is 2.29. The molecule has 0 aliphatic carbocycles. The summed E-state index contributed by atoms with van der Waals surface area (Å²) in [5.74, 6) is 0.103. The summed E-state index contributed by atoms with van der Waals surface area (Å²) in [7, 11) is 2.17. The van der Waals surface area contributed by atoms with Crippen molar-refractivity contribution in [2.24, 2.45) is 0 Å². The lowest BCUT2D eigenvalue weighted by Gasteiger charge is -2.32. The maximum absolute atomic E-state index is 12.8. The molecule has 5 nitrogen and oxygen atoms in total. The molecule has 6 heteroatoms. The van der Waals surface area contributed by atoms with Crippen molar-refractivity contribution in [3.63, 3.8) is 0 Å². The number of piperidine rings is 1. The van der Waals surface area contributed by atoms with Crippen molar-refractivity contribution >= 4 is 17.2 Å². The van der Waals surface area contributed by atoms with Gasteiger partial charge in [-0.2, -0.15) is 0 Å². The minimum Gasteiger partial charge on any atom is -0.350 e. The van der Waals surface area contributed by atoms with Crippen molar-refractivity contribution in [1.82, 2.24) is 20.1 Å². The molecule has 1 fully saturated rings. The largest absolute Gasteiger partial charge is 0.350 e. The summed E-state index contributed by atoms with van der Waals surface area (Å²) in [5, 5.41) is 5.26. The first-order valence-corrected chi connectivity index (χ1v) is 11.8. The number of nitrogens with zero attached hydrogens (tertiary/aromatic N) is 3. The fourth-order valence-corrected chi connectivity index (χ4v) is 5.52. The maximum atomic E-state index is 12.8. The Balaban J connectivity index is 1.34. The number of aromatic nitrogens is 1. The van der Waals surface area contributed by atoms with Crippen LogP contribution in [0.2, 0.25) is 0 Å². The van der Waals surface area contributed by atoms with Gasteiger partial charge in [0, 0.05) is 48.7 Å². The summed E-state index contributed by atoms with van der Waals surface area (Å²) in [6.07, 6.45) is 7.68. The average molecular weight is 413 g/mol. The molecule has 156 valence electrons. The molecule has 4 heterocycles. The number of likely N-dealkylation sites (tertiary alicyclic amines) is 1. The Hall–Kier alpha value is -1.76. The molecule has 2 aliphatic heterocycles. The molecule has 4 rings (SSSR count). The molecule has 1 unspecified atom stereocenters. The topological polar surface area (TPSA) is 48.5 Å². The lowest BCUT2D eigenvalue weighted by Crippen LogP contribution is -2.44. The molecule has 0 spiro atoms. The number of hydrogen-bond donors (Lipinski definition) is 1. The van der Waals surface area contributed by atoms with Crippen LogP contribution in [0.15, 0.2) is 23.7 Å². The molecule has 1 saturated heterocycles. The number of rotatable bonds is 6. The van der Waals surface area contributed by atoms with Gasteiger partial charge in [-0.1, -0.05) is 19.4 Å². The van der Waals surface area contributed by atoms with E-state index in [4.69, 9.17) is 0 Å². The second-order valence-corrected chi connectivity index (χ2v) is 9.33. The average Bonchev–Trinajstić information content (AvgIpc) is 3.17. The van der Waals surface area contributed by atoms with Gasteiger partial charge in [0.15, 0.2) is 0 Å². The van der Waals surface area contributed by atoms with Crippen LogP contribution in [0.25, 0.3) is 0 Å². The Morgan fingerprint density at radius 1 is 1.31 bits per heavy atom. The lowest BCUT2D eigenvalue weighted by atomic mass is 10.0. The normalized spacial score (nSPS) is 20.4. The van der Waals surface area contributed by atoms with Gasteiger partial charge in [-0.25, -0.2) is 0 Å². The predicted molar refractivity (Wildman–Crippen MR) is 118 cm³/mol. The number of aryl methyl sites for hydroxylation is 1. The maximum Gasteiger partial charge on any atom is 0.252 e. The quantitative estimate of drug-likeness (QED) is 0.789. The smallest absolute Gasteiger partial charge is 0.252 e. The molecule has 2 aromatic heterocycles. The van der Waals surface area contributed by atoms with Gasteiger partial charge in [0.05, 0.1) is 11.3 Å². The van der Waals surface area contributed by atoms with E-state index in [1.807, 2.05) is 6.20 Å². The number of pyridine rings is 1. The van der Waals surface area contributed by atoms with E-state index in [1.165, 1.54) is 35.3 Å². The predicted octanol–water partition coefficient (Wildman–Crippen LogP) is 3.48. The zero-order valence-corrected chi connectivity index (χ0v) is 18.4. The minimum atomic E-state index is 0.103. The van der Waals surface area contributed by atoms with Crippen molar-refractivity contribution in [2.75, 3.05) is 26.7 Å². The summed E-state index contributed by atoms with van der Waals surface area (Å²) >= 11 is 1.73. The van der Waals surface area contributed by atoms with Crippen LogP contribution in [-0.2, 0) is 25.9 Å². The molecule has 29 heavy (non-hydrogen) atoms. The van der Waals surface area contributed by atoms with Gasteiger partial charge < -0.3 is 10.2 Å². The van der Waals surface area contributed by atoms with Gasteiger partial charge in [0.2, 0.25) is 0 Å². The number of thiophene rings is 1. The van der Waals surface area contributed by atoms with Crippen LogP contribution in [0.4, 0.5) is 0 Å². The summed E-state index contributed by atoms with van der Waals surface area (Å²) in [6.45, 7) is 6.81. The minimum absolute atomic E-state index is 0.103. The van der Waals surface area contributed by atoms with E-state index in [0.717, 1.165) is 56.8 Å². The number of carbonyl (C=O) groups is 1. The van der Waals surface area contributed by atoms with E-state index < -0.39 is 0 Å². The SMILES string of the molecule is CCc1ccc(CN2CCc3c(C(=O)NCC4CCCCN4C)csc3C2)nc1. The number of likely N-dealkylation sites (N-methyl/N-ethyl adjacent to an activating group) is 1. The first kappa shape index (κ1) is 20.5. The summed E-state index contributed by atoms with van der Waals surface area (Å²) < 4.78 is 0. The molecule has 1 atom stereocenters. The number of nitrogens with one attached hydrogen (secondary N) is 1. The highest BCUT2D eigenvalue weighted by molar-refractivity contribution is 7.10. The Morgan fingerprint density at radius 2 is 2.21 bits per heavy atom. The third-order valence-corrected chi connectivity index (χ3v) is 7.38. The van der Waals surface area contributed by atoms with E-state index in [2.05, 4.69) is 51.6 Å². The molecule has 0 aromatic carbocycles. The molecule has 0 radical (unpaired) electrons. The Bertz CT molecular complexity index is 832. The van der Waals surface area contributed by atoms with Crippen LogP contribution >= 0.6 is 11.3 Å². The molecular formula is C23H32N4OS. The Labute approximate surface area is 178 Å². The van der Waals surface area contributed by atoms with Gasteiger partial charge >= 0.3 is 0 Å². The van der Waals surface area contributed by atoms with E-state index in [-0.39, 0.29) is 5.91 Å². The van der Waals surface area contributed by atoms with Crippen molar-refractivity contribution in [2.45, 2.75) is 58.2 Å². The van der Waals surface area contributed by atoms with Gasteiger partial charge in [-0.05, 0) is 56.5 Å². The Morgan fingerprint density at radius 3 is 2.97 bits per heavy atom. The van der Waals surface area contributed by atoms with Crippen LogP contribution in [0.1, 0.15) is 58.2 Å². The lowest BCUT2D eigenvalue weighted by molar-refractivity contribution is 0.0927. The summed E-state index contributed by atoms with van der Waals surface area (Å²) in [4.78, 5) is 23.6. The number of fused-ring (bicyclic) bond motifs is 1. The molecule has 1 amide bonds. The molecule has 2 aliphatic rings. The van der Waals surface area contributed by atoms with Crippen molar-refractivity contribution < 1.29 is 4.79 Å². The number of amides is 1. The fraction of sp³-hybridized carbons (Fsp3) is 0.565. The van der Waals surface area contributed by atoms with Gasteiger partial charge in [-0.15, -0.1) is 11.3 Å². The number of hydrogen-bond acceptors (Lipinski definition) is 5. The van der Waals surface area contributed by atoms with E-state index >= 15 is 0 Å². The van der Waals surface area contributed by atoms with E-state index in [0.29, 0.717) is 6.04 Å². The monoisotopic (exact) mass is 412 g/mol. The standard InChI is InChI=1S/C23H32N4OS/c1-3-17-7-8-18(24-12-17)14-27-11-9-20-21(16-29-22(20)15-27)23(28)25-13-19-6-4-5-10-26(19)2/h7-8,12,16,19H,3-6,9-11,13-15H2,1-2H3,(H,25,28). The van der Waals surface area contributed by atoms with Crippen LogP contribution in [0, 0.1) is 0 Å². The first-order valence-electron chi connectivity index (χ1n) is 10.9. The van der Waals surface area contributed by atoms with Crippen LogP contribution in [0.5, 0.6) is 0 Å². The Kier molecular flexibility index (Phi) is 6.63. The second-order valence-electron chi connectivity index (χ2n) is 8.36. The van der Waals surface area contributed by atoms with Gasteiger partial charge in [-0.3, -0.25) is 14.7 Å². The third-order valence-electron chi connectivity index (χ3n) is 6.37. The first-order chi connectivity index (χ1) is 14.1. The van der Waals surface area contributed by atoms with E-state index in [9.17, 15) is 4.79 Å². The van der Waals surface area contributed by atoms with Gasteiger partial charge in [0.25, 0.3) is 5.91 Å². The molecular weight excluding hydrogens is 380 g/mol. The fourth-order valence-electron chi connectivity index (χ4n) is 4.40. The molecule has 1 N–H and O–H groups in total. The highest BCUT2D eigenvalue weighted by Gasteiger charge is 2.25. The summed E-state index contributed by atoms with van der Waals surface area (Å²) in [6, 6.07) is 4.79. The van der Waals surface area contributed by atoms with Crippen LogP contribution < -0.4 is 5.32 Å². The van der Waals surface area contributed by atoms with Crippen LogP contribution in [0.3, 0.4) is 0 Å². The van der Waals surface area contributed by atoms with Gasteiger partial charge in [0.1, 0.15) is 0 Å². The zero-order chi connectivity index (χ0) is 20.2. The highest BCUT2D eigenvalue weighted by atomic mass is 32.1. The molecule has 0 bridgehead atoms. The zero-order valence-electron chi connectivity index (χ0n) is 17.6. The van der Waals surface area contributed by atoms with E-state index in [1.54, 1.807) is 11.3 Å². The van der Waals surface area contributed by atoms with Crippen molar-refractivity contribution in [3.05, 3.63) is 51.0 Å². The summed E-state index contributed by atoms with van der Waals surface area (Å²) in [5.41, 5.74) is 4.56. The number of carbonyl (C=O) groups excluding carboxylic acids is 1. The van der Waals surface area contributed by atoms with Crippen molar-refractivity contribution in [3.8, 4) is 0 Å². The molecule has 0 saturated carbocycles. The van der Waals surface area contributed by atoms with Crippen LogP contribution in [-0.4, -0.2) is 53.4 Å². The third kappa shape index (κ3) is 4.87. The van der Waals surface area contributed by atoms with Crippen molar-refractivity contribution in [1.29, 1.82) is 0 Å². The second kappa shape index (κ2) is 9.37.